The molecule has 1 aromatic heterocycles. The van der Waals surface area contributed by atoms with Gasteiger partial charge in [0, 0.05) is 25.1 Å². The number of hydrogen-bond acceptors (Lipinski definition) is 4. The van der Waals surface area contributed by atoms with Crippen LogP contribution in [0.2, 0.25) is 0 Å². The quantitative estimate of drug-likeness (QED) is 0.753. The van der Waals surface area contributed by atoms with Gasteiger partial charge in [0.15, 0.2) is 0 Å². The van der Waals surface area contributed by atoms with Gasteiger partial charge in [0.1, 0.15) is 5.76 Å². The summed E-state index contributed by atoms with van der Waals surface area (Å²) in [5.41, 5.74) is 6.52. The Morgan fingerprint density at radius 3 is 3.23 bits per heavy atom. The molecule has 0 saturated carbocycles. The van der Waals surface area contributed by atoms with Gasteiger partial charge in [-0.15, -0.1) is 0 Å². The molecule has 0 radical (unpaired) electrons. The molecule has 4 heteroatoms. The minimum Gasteiger partial charge on any atom is -0.378 e. The van der Waals surface area contributed by atoms with E-state index in [1.54, 1.807) is 6.20 Å². The summed E-state index contributed by atoms with van der Waals surface area (Å²) in [7, 11) is 0. The molecule has 1 unspecified atom stereocenters. The molecule has 0 aromatic carbocycles. The highest BCUT2D eigenvalue weighted by molar-refractivity contribution is 5.13. The fraction of sp³-hybridized carbons (Fsp3) is 0.667. The standard InChI is InChI=1S/C9H14N2O2/c10-5-7-6-11-13-9(7)4-8-2-1-3-12-8/h6,8H,1-5,10H2. The van der Waals surface area contributed by atoms with Gasteiger partial charge in [0.25, 0.3) is 0 Å². The van der Waals surface area contributed by atoms with Crippen molar-refractivity contribution >= 4 is 0 Å². The first-order chi connectivity index (χ1) is 6.40. The zero-order valence-electron chi connectivity index (χ0n) is 7.53. The van der Waals surface area contributed by atoms with Gasteiger partial charge in [-0.1, -0.05) is 5.16 Å². The zero-order chi connectivity index (χ0) is 9.10. The summed E-state index contributed by atoms with van der Waals surface area (Å²) in [6.45, 7) is 1.36. The lowest BCUT2D eigenvalue weighted by atomic mass is 10.1. The molecule has 0 bridgehead atoms. The van der Waals surface area contributed by atoms with E-state index in [1.165, 1.54) is 0 Å². The van der Waals surface area contributed by atoms with Gasteiger partial charge in [-0.05, 0) is 12.8 Å². The van der Waals surface area contributed by atoms with Crippen LogP contribution in [0.3, 0.4) is 0 Å². The Labute approximate surface area is 77.0 Å². The number of hydrogen-bond donors (Lipinski definition) is 1. The Morgan fingerprint density at radius 2 is 2.54 bits per heavy atom. The van der Waals surface area contributed by atoms with E-state index in [4.69, 9.17) is 15.0 Å². The van der Waals surface area contributed by atoms with E-state index in [2.05, 4.69) is 5.16 Å². The van der Waals surface area contributed by atoms with Gasteiger partial charge >= 0.3 is 0 Å². The molecule has 0 aliphatic carbocycles. The monoisotopic (exact) mass is 182 g/mol. The average molecular weight is 182 g/mol. The molecule has 72 valence electrons. The topological polar surface area (TPSA) is 61.3 Å². The molecule has 0 spiro atoms. The minimum atomic E-state index is 0.304. The lowest BCUT2D eigenvalue weighted by Gasteiger charge is -2.06. The van der Waals surface area contributed by atoms with Crippen LogP contribution in [0.5, 0.6) is 0 Å². The predicted molar refractivity (Wildman–Crippen MR) is 47.1 cm³/mol. The van der Waals surface area contributed by atoms with E-state index in [0.717, 1.165) is 37.2 Å². The Hall–Kier alpha value is -0.870. The maximum Gasteiger partial charge on any atom is 0.143 e. The number of nitrogens with two attached hydrogens (primary N) is 1. The van der Waals surface area contributed by atoms with Crippen molar-refractivity contribution in [3.8, 4) is 0 Å². The predicted octanol–water partition coefficient (Wildman–Crippen LogP) is 0.855. The van der Waals surface area contributed by atoms with Crippen LogP contribution in [0.25, 0.3) is 0 Å². The molecular formula is C9H14N2O2. The molecule has 1 atom stereocenters. The number of nitrogens with zero attached hydrogens (tertiary/aromatic N) is 1. The second-order valence-electron chi connectivity index (χ2n) is 3.32. The van der Waals surface area contributed by atoms with Gasteiger partial charge in [-0.3, -0.25) is 0 Å². The second kappa shape index (κ2) is 3.89. The van der Waals surface area contributed by atoms with Crippen molar-refractivity contribution in [2.45, 2.75) is 31.9 Å². The molecule has 1 aromatic rings. The van der Waals surface area contributed by atoms with E-state index >= 15 is 0 Å². The van der Waals surface area contributed by atoms with Gasteiger partial charge in [-0.25, -0.2) is 0 Å². The third kappa shape index (κ3) is 1.89. The van der Waals surface area contributed by atoms with Crippen LogP contribution >= 0.6 is 0 Å². The molecule has 4 nitrogen and oxygen atoms in total. The molecular weight excluding hydrogens is 168 g/mol. The third-order valence-electron chi connectivity index (χ3n) is 2.39. The summed E-state index contributed by atoms with van der Waals surface area (Å²) in [6, 6.07) is 0. The van der Waals surface area contributed by atoms with Crippen LogP contribution < -0.4 is 5.73 Å². The highest BCUT2D eigenvalue weighted by Gasteiger charge is 2.19. The van der Waals surface area contributed by atoms with E-state index < -0.39 is 0 Å². The van der Waals surface area contributed by atoms with Gasteiger partial charge in [0.2, 0.25) is 0 Å². The summed E-state index contributed by atoms with van der Waals surface area (Å²) in [6.07, 6.45) is 5.07. The summed E-state index contributed by atoms with van der Waals surface area (Å²) < 4.78 is 10.6. The van der Waals surface area contributed by atoms with Crippen molar-refractivity contribution in [3.05, 3.63) is 17.5 Å². The normalized spacial score (nSPS) is 22.4. The molecule has 2 heterocycles. The first-order valence-corrected chi connectivity index (χ1v) is 4.64. The highest BCUT2D eigenvalue weighted by Crippen LogP contribution is 2.18. The smallest absolute Gasteiger partial charge is 0.143 e. The summed E-state index contributed by atoms with van der Waals surface area (Å²) in [4.78, 5) is 0. The van der Waals surface area contributed by atoms with Gasteiger partial charge in [0.05, 0.1) is 12.3 Å². The van der Waals surface area contributed by atoms with Crippen LogP contribution in [-0.2, 0) is 17.7 Å². The third-order valence-corrected chi connectivity index (χ3v) is 2.39. The summed E-state index contributed by atoms with van der Waals surface area (Å²) in [5.74, 6) is 0.884. The van der Waals surface area contributed by atoms with Gasteiger partial charge in [-0.2, -0.15) is 0 Å². The van der Waals surface area contributed by atoms with Crippen LogP contribution in [0.1, 0.15) is 24.2 Å². The maximum atomic E-state index is 5.53. The molecule has 0 amide bonds. The van der Waals surface area contributed by atoms with E-state index in [0.29, 0.717) is 12.6 Å². The van der Waals surface area contributed by atoms with Gasteiger partial charge < -0.3 is 15.0 Å². The molecule has 2 rings (SSSR count). The van der Waals surface area contributed by atoms with Crippen molar-refractivity contribution in [2.24, 2.45) is 5.73 Å². The van der Waals surface area contributed by atoms with E-state index in [-0.39, 0.29) is 0 Å². The van der Waals surface area contributed by atoms with Crippen LogP contribution in [0, 0.1) is 0 Å². The van der Waals surface area contributed by atoms with Crippen molar-refractivity contribution in [2.75, 3.05) is 6.61 Å². The molecule has 1 fully saturated rings. The van der Waals surface area contributed by atoms with Crippen LogP contribution in [0.4, 0.5) is 0 Å². The van der Waals surface area contributed by atoms with E-state index in [9.17, 15) is 0 Å². The molecule has 1 aliphatic rings. The van der Waals surface area contributed by atoms with E-state index in [1.807, 2.05) is 0 Å². The first-order valence-electron chi connectivity index (χ1n) is 4.64. The summed E-state index contributed by atoms with van der Waals surface area (Å²) in [5, 5.41) is 3.72. The molecule has 1 aliphatic heterocycles. The SMILES string of the molecule is NCc1cnoc1CC1CCCO1. The first kappa shape index (κ1) is 8.72. The lowest BCUT2D eigenvalue weighted by Crippen LogP contribution is -2.10. The fourth-order valence-corrected chi connectivity index (χ4v) is 1.63. The van der Waals surface area contributed by atoms with Crippen molar-refractivity contribution in [3.63, 3.8) is 0 Å². The average Bonchev–Trinajstić information content (AvgIpc) is 2.76. The number of aromatic nitrogens is 1. The Kier molecular flexibility index (Phi) is 2.61. The Bertz CT molecular complexity index is 266. The summed E-state index contributed by atoms with van der Waals surface area (Å²) >= 11 is 0. The van der Waals surface area contributed by atoms with Crippen molar-refractivity contribution in [1.29, 1.82) is 0 Å². The Morgan fingerprint density at radius 1 is 1.62 bits per heavy atom. The highest BCUT2D eigenvalue weighted by atomic mass is 16.5. The van der Waals surface area contributed by atoms with Crippen molar-refractivity contribution < 1.29 is 9.26 Å². The molecule has 2 N–H and O–H groups in total. The van der Waals surface area contributed by atoms with Crippen molar-refractivity contribution in [1.82, 2.24) is 5.16 Å². The lowest BCUT2D eigenvalue weighted by molar-refractivity contribution is 0.105. The Balaban J connectivity index is 1.99. The zero-order valence-corrected chi connectivity index (χ0v) is 7.53. The number of rotatable bonds is 3. The largest absolute Gasteiger partial charge is 0.378 e. The minimum absolute atomic E-state index is 0.304. The number of ether oxygens (including phenoxy) is 1. The fourth-order valence-electron chi connectivity index (χ4n) is 1.63. The maximum absolute atomic E-state index is 5.53. The second-order valence-corrected chi connectivity index (χ2v) is 3.32. The van der Waals surface area contributed by atoms with Crippen LogP contribution in [0.15, 0.2) is 10.7 Å². The molecule has 13 heavy (non-hydrogen) atoms. The van der Waals surface area contributed by atoms with Crippen LogP contribution in [-0.4, -0.2) is 17.9 Å². The molecule has 1 saturated heterocycles.